The van der Waals surface area contributed by atoms with Crippen LogP contribution in [0.1, 0.15) is 28.3 Å². The van der Waals surface area contributed by atoms with Crippen molar-refractivity contribution in [1.82, 2.24) is 4.90 Å². The molecule has 0 radical (unpaired) electrons. The van der Waals surface area contributed by atoms with Gasteiger partial charge in [-0.3, -0.25) is 4.79 Å². The largest absolute Gasteiger partial charge is 0.480 e. The predicted molar refractivity (Wildman–Crippen MR) is 94.2 cm³/mol. The highest BCUT2D eigenvalue weighted by Crippen LogP contribution is 2.51. The molecule has 24 heavy (non-hydrogen) atoms. The second-order valence-electron chi connectivity index (χ2n) is 6.41. The molecule has 3 rings (SSSR count). The molecule has 126 valence electrons. The van der Waals surface area contributed by atoms with Crippen LogP contribution in [0.15, 0.2) is 41.8 Å². The standard InChI is InChI=1S/C19H21NO3S/c1-12-8-9-24-17(12)14-11-15(14)18(21)20(2)16(19(22)23)10-13-6-4-3-5-7-13/h3-9,14-16H,10-11H2,1-2H3,(H,22,23). The van der Waals surface area contributed by atoms with Crippen molar-refractivity contribution in [3.05, 3.63) is 57.8 Å². The monoisotopic (exact) mass is 343 g/mol. The molecule has 2 aromatic rings. The topological polar surface area (TPSA) is 57.6 Å². The van der Waals surface area contributed by atoms with Gasteiger partial charge in [-0.1, -0.05) is 30.3 Å². The molecule has 5 heteroatoms. The quantitative estimate of drug-likeness (QED) is 0.875. The molecule has 1 amide bonds. The third-order valence-electron chi connectivity index (χ3n) is 4.72. The van der Waals surface area contributed by atoms with Crippen molar-refractivity contribution < 1.29 is 14.7 Å². The fourth-order valence-electron chi connectivity index (χ4n) is 3.16. The molecule has 4 nitrogen and oxygen atoms in total. The molecule has 1 heterocycles. The molecule has 3 atom stereocenters. The molecule has 0 bridgehead atoms. The second-order valence-corrected chi connectivity index (χ2v) is 7.36. The number of nitrogens with zero attached hydrogens (tertiary/aromatic N) is 1. The summed E-state index contributed by atoms with van der Waals surface area (Å²) in [5, 5.41) is 11.6. The highest BCUT2D eigenvalue weighted by atomic mass is 32.1. The van der Waals surface area contributed by atoms with E-state index < -0.39 is 12.0 Å². The Hall–Kier alpha value is -2.14. The minimum atomic E-state index is -0.959. The summed E-state index contributed by atoms with van der Waals surface area (Å²) in [5.41, 5.74) is 2.15. The van der Waals surface area contributed by atoms with Crippen LogP contribution < -0.4 is 0 Å². The first-order chi connectivity index (χ1) is 11.5. The van der Waals surface area contributed by atoms with Gasteiger partial charge >= 0.3 is 5.97 Å². The lowest BCUT2D eigenvalue weighted by molar-refractivity contribution is -0.149. The van der Waals surface area contributed by atoms with Crippen LogP contribution in [0.3, 0.4) is 0 Å². The molecule has 1 N–H and O–H groups in total. The van der Waals surface area contributed by atoms with Gasteiger partial charge in [0.15, 0.2) is 0 Å². The van der Waals surface area contributed by atoms with Crippen LogP contribution in [0, 0.1) is 12.8 Å². The van der Waals surface area contributed by atoms with E-state index in [9.17, 15) is 14.7 Å². The van der Waals surface area contributed by atoms with Crippen molar-refractivity contribution in [1.29, 1.82) is 0 Å². The lowest BCUT2D eigenvalue weighted by Gasteiger charge is -2.25. The molecule has 0 saturated heterocycles. The summed E-state index contributed by atoms with van der Waals surface area (Å²) < 4.78 is 0. The normalized spacial score (nSPS) is 20.4. The van der Waals surface area contributed by atoms with Gasteiger partial charge in [0.2, 0.25) is 5.91 Å². The van der Waals surface area contributed by atoms with Crippen LogP contribution in [0.4, 0.5) is 0 Å². The van der Waals surface area contributed by atoms with Crippen molar-refractivity contribution in [3.63, 3.8) is 0 Å². The summed E-state index contributed by atoms with van der Waals surface area (Å²) in [6.45, 7) is 2.06. The Kier molecular flexibility index (Phi) is 4.71. The number of thiophene rings is 1. The summed E-state index contributed by atoms with van der Waals surface area (Å²) in [4.78, 5) is 27.1. The van der Waals surface area contributed by atoms with Crippen LogP contribution in [0.25, 0.3) is 0 Å². The van der Waals surface area contributed by atoms with Crippen molar-refractivity contribution in [3.8, 4) is 0 Å². The number of carbonyl (C=O) groups excluding carboxylic acids is 1. The number of likely N-dealkylation sites (N-methyl/N-ethyl adjacent to an activating group) is 1. The Morgan fingerprint density at radius 1 is 1.29 bits per heavy atom. The zero-order valence-electron chi connectivity index (χ0n) is 13.8. The Bertz CT molecular complexity index is 740. The average Bonchev–Trinajstić information content (AvgIpc) is 3.25. The van der Waals surface area contributed by atoms with Gasteiger partial charge < -0.3 is 10.0 Å². The molecule has 1 aliphatic carbocycles. The van der Waals surface area contributed by atoms with E-state index in [-0.39, 0.29) is 17.7 Å². The van der Waals surface area contributed by atoms with Gasteiger partial charge in [-0.05, 0) is 35.9 Å². The van der Waals surface area contributed by atoms with E-state index in [1.54, 1.807) is 18.4 Å². The van der Waals surface area contributed by atoms with Gasteiger partial charge in [-0.15, -0.1) is 11.3 Å². The van der Waals surface area contributed by atoms with E-state index in [1.165, 1.54) is 15.3 Å². The zero-order valence-corrected chi connectivity index (χ0v) is 14.6. The summed E-state index contributed by atoms with van der Waals surface area (Å²) in [7, 11) is 1.61. The highest BCUT2D eigenvalue weighted by Gasteiger charge is 2.47. The first kappa shape index (κ1) is 16.7. The van der Waals surface area contributed by atoms with Crippen LogP contribution in [0.5, 0.6) is 0 Å². The molecular weight excluding hydrogens is 322 g/mol. The predicted octanol–water partition coefficient (Wildman–Crippen LogP) is 3.31. The number of carbonyl (C=O) groups is 2. The molecule has 1 saturated carbocycles. The van der Waals surface area contributed by atoms with E-state index in [0.717, 1.165) is 12.0 Å². The lowest BCUT2D eigenvalue weighted by Crippen LogP contribution is -2.44. The van der Waals surface area contributed by atoms with E-state index in [1.807, 2.05) is 35.7 Å². The number of hydrogen-bond acceptors (Lipinski definition) is 3. The Balaban J connectivity index is 1.69. The number of hydrogen-bond donors (Lipinski definition) is 1. The minimum absolute atomic E-state index is 0.0591. The maximum absolute atomic E-state index is 12.7. The Labute approximate surface area is 145 Å². The van der Waals surface area contributed by atoms with Crippen molar-refractivity contribution in [2.45, 2.75) is 31.7 Å². The molecule has 1 aromatic carbocycles. The average molecular weight is 343 g/mol. The zero-order chi connectivity index (χ0) is 17.3. The summed E-state index contributed by atoms with van der Waals surface area (Å²) in [5.74, 6) is -0.841. The Morgan fingerprint density at radius 3 is 2.58 bits per heavy atom. The molecule has 0 aliphatic heterocycles. The van der Waals surface area contributed by atoms with Gasteiger partial charge in [-0.25, -0.2) is 4.79 Å². The number of benzene rings is 1. The number of rotatable bonds is 6. The molecule has 1 aliphatic rings. The molecular formula is C19H21NO3S. The maximum atomic E-state index is 12.7. The van der Waals surface area contributed by atoms with E-state index in [4.69, 9.17) is 0 Å². The molecule has 3 unspecified atom stereocenters. The third-order valence-corrected chi connectivity index (χ3v) is 5.87. The van der Waals surface area contributed by atoms with Gasteiger partial charge in [0.1, 0.15) is 6.04 Å². The lowest BCUT2D eigenvalue weighted by atomic mass is 10.0. The second kappa shape index (κ2) is 6.77. The van der Waals surface area contributed by atoms with Crippen LogP contribution in [-0.4, -0.2) is 35.0 Å². The highest BCUT2D eigenvalue weighted by molar-refractivity contribution is 7.10. The van der Waals surface area contributed by atoms with Crippen molar-refractivity contribution >= 4 is 23.2 Å². The number of carboxylic acid groups (broad SMARTS) is 1. The number of aliphatic carboxylic acids is 1. The first-order valence-corrected chi connectivity index (χ1v) is 8.94. The SMILES string of the molecule is Cc1ccsc1C1CC1C(=O)N(C)C(Cc1ccccc1)C(=O)O. The smallest absolute Gasteiger partial charge is 0.326 e. The molecule has 0 spiro atoms. The van der Waals surface area contributed by atoms with E-state index in [2.05, 4.69) is 13.0 Å². The fraction of sp³-hybridized carbons (Fsp3) is 0.368. The van der Waals surface area contributed by atoms with E-state index >= 15 is 0 Å². The molecule has 1 aromatic heterocycles. The molecule has 1 fully saturated rings. The third kappa shape index (κ3) is 3.36. The maximum Gasteiger partial charge on any atom is 0.326 e. The minimum Gasteiger partial charge on any atom is -0.480 e. The summed E-state index contributed by atoms with van der Waals surface area (Å²) >= 11 is 1.68. The summed E-state index contributed by atoms with van der Waals surface area (Å²) in [6, 6.07) is 10.7. The van der Waals surface area contributed by atoms with Gasteiger partial charge in [0, 0.05) is 30.2 Å². The number of aryl methyl sites for hydroxylation is 1. The summed E-state index contributed by atoms with van der Waals surface area (Å²) in [6.07, 6.45) is 1.15. The van der Waals surface area contributed by atoms with Crippen molar-refractivity contribution in [2.24, 2.45) is 5.92 Å². The first-order valence-electron chi connectivity index (χ1n) is 8.06. The van der Waals surface area contributed by atoms with Crippen LogP contribution >= 0.6 is 11.3 Å². The van der Waals surface area contributed by atoms with Crippen LogP contribution in [0.2, 0.25) is 0 Å². The van der Waals surface area contributed by atoms with E-state index in [0.29, 0.717) is 6.42 Å². The Morgan fingerprint density at radius 2 is 2.00 bits per heavy atom. The van der Waals surface area contributed by atoms with Crippen molar-refractivity contribution in [2.75, 3.05) is 7.05 Å². The fourth-order valence-corrected chi connectivity index (χ4v) is 4.27. The van der Waals surface area contributed by atoms with Gasteiger partial charge in [-0.2, -0.15) is 0 Å². The number of carboxylic acids is 1. The number of amides is 1. The van der Waals surface area contributed by atoms with Gasteiger partial charge in [0.25, 0.3) is 0 Å². The van der Waals surface area contributed by atoms with Crippen LogP contribution in [-0.2, 0) is 16.0 Å². The van der Waals surface area contributed by atoms with Gasteiger partial charge in [0.05, 0.1) is 0 Å².